The number of carbonyl (C=O) groups is 2. The van der Waals surface area contributed by atoms with Crippen LogP contribution in [0.15, 0.2) is 30.3 Å². The van der Waals surface area contributed by atoms with E-state index in [0.717, 1.165) is 23.4 Å². The third-order valence-electron chi connectivity index (χ3n) is 3.23. The monoisotopic (exact) mass is 347 g/mol. The number of rotatable bonds is 7. The Labute approximate surface area is 144 Å². The van der Waals surface area contributed by atoms with E-state index in [1.54, 1.807) is 6.92 Å². The summed E-state index contributed by atoms with van der Waals surface area (Å²) in [6, 6.07) is 8.58. The Balaban J connectivity index is 1.86. The van der Waals surface area contributed by atoms with Gasteiger partial charge in [0, 0.05) is 12.1 Å². The second kappa shape index (κ2) is 8.97. The van der Waals surface area contributed by atoms with Gasteiger partial charge < -0.3 is 10.6 Å². The normalized spacial score (nSPS) is 11.6. The molecule has 7 nitrogen and oxygen atoms in total. The van der Waals surface area contributed by atoms with Crippen molar-refractivity contribution in [1.82, 2.24) is 20.8 Å². The lowest BCUT2D eigenvalue weighted by Crippen LogP contribution is -2.46. The summed E-state index contributed by atoms with van der Waals surface area (Å²) in [5, 5.41) is 17.1. The predicted octanol–water partition coefficient (Wildman–Crippen LogP) is 2.63. The van der Waals surface area contributed by atoms with Gasteiger partial charge in [0.2, 0.25) is 11.0 Å². The van der Waals surface area contributed by atoms with E-state index in [1.807, 2.05) is 37.3 Å². The molecule has 0 aliphatic rings. The zero-order valence-electron chi connectivity index (χ0n) is 13.7. The Hall–Kier alpha value is -2.48. The molecular formula is C16H21N5O2S. The number of hydrogen-bond donors (Lipinski definition) is 3. The van der Waals surface area contributed by atoms with E-state index in [0.29, 0.717) is 11.7 Å². The third kappa shape index (κ3) is 5.31. The molecule has 0 bridgehead atoms. The number of nitrogens with one attached hydrogen (secondary N) is 3. The average Bonchev–Trinajstić information content (AvgIpc) is 3.04. The maximum Gasteiger partial charge on any atom is 0.315 e. The number of anilines is 1. The van der Waals surface area contributed by atoms with E-state index in [9.17, 15) is 9.59 Å². The molecule has 128 valence electrons. The smallest absolute Gasteiger partial charge is 0.315 e. The first-order chi connectivity index (χ1) is 11.6. The Morgan fingerprint density at radius 1 is 1.21 bits per heavy atom. The summed E-state index contributed by atoms with van der Waals surface area (Å²) in [6.45, 7) is 4.25. The van der Waals surface area contributed by atoms with Crippen molar-refractivity contribution in [3.05, 3.63) is 30.3 Å². The van der Waals surface area contributed by atoms with Crippen molar-refractivity contribution in [2.75, 3.05) is 11.9 Å². The molecule has 0 fully saturated rings. The molecule has 24 heavy (non-hydrogen) atoms. The second-order valence-electron chi connectivity index (χ2n) is 5.24. The summed E-state index contributed by atoms with van der Waals surface area (Å²) in [5.41, 5.74) is 0.942. The molecule has 2 aromatic rings. The molecule has 0 saturated carbocycles. The van der Waals surface area contributed by atoms with Gasteiger partial charge in [0.15, 0.2) is 0 Å². The highest BCUT2D eigenvalue weighted by molar-refractivity contribution is 7.18. The maximum absolute atomic E-state index is 12.1. The van der Waals surface area contributed by atoms with Crippen molar-refractivity contribution in [3.8, 4) is 10.6 Å². The first kappa shape index (κ1) is 17.9. The molecule has 0 aliphatic heterocycles. The Morgan fingerprint density at radius 3 is 2.67 bits per heavy atom. The Morgan fingerprint density at radius 2 is 1.96 bits per heavy atom. The van der Waals surface area contributed by atoms with Crippen LogP contribution < -0.4 is 16.0 Å². The molecule has 1 aromatic heterocycles. The minimum Gasteiger partial charge on any atom is -0.338 e. The lowest BCUT2D eigenvalue weighted by Gasteiger charge is -2.13. The molecule has 2 rings (SSSR count). The van der Waals surface area contributed by atoms with Crippen LogP contribution in [0, 0.1) is 0 Å². The van der Waals surface area contributed by atoms with E-state index in [-0.39, 0.29) is 11.9 Å². The molecular weight excluding hydrogens is 326 g/mol. The molecule has 3 N–H and O–H groups in total. The number of benzene rings is 1. The third-order valence-corrected chi connectivity index (χ3v) is 4.12. The number of amides is 3. The van der Waals surface area contributed by atoms with Gasteiger partial charge in [-0.2, -0.15) is 0 Å². The summed E-state index contributed by atoms with van der Waals surface area (Å²) in [6.07, 6.45) is 1.90. The van der Waals surface area contributed by atoms with Crippen LogP contribution in [0.4, 0.5) is 9.93 Å². The number of nitrogens with zero attached hydrogens (tertiary/aromatic N) is 2. The Kier molecular flexibility index (Phi) is 6.68. The lowest BCUT2D eigenvalue weighted by atomic mass is 10.2. The van der Waals surface area contributed by atoms with E-state index < -0.39 is 6.04 Å². The van der Waals surface area contributed by atoms with Crippen molar-refractivity contribution in [1.29, 1.82) is 0 Å². The lowest BCUT2D eigenvalue weighted by molar-refractivity contribution is -0.117. The molecule has 0 spiro atoms. The number of carbonyl (C=O) groups excluding carboxylic acids is 2. The number of unbranched alkanes of at least 4 members (excludes halogenated alkanes) is 1. The minimum atomic E-state index is -0.671. The first-order valence-electron chi connectivity index (χ1n) is 7.84. The van der Waals surface area contributed by atoms with Crippen LogP contribution in [-0.2, 0) is 4.79 Å². The molecule has 0 aliphatic carbocycles. The molecule has 0 radical (unpaired) electrons. The fourth-order valence-corrected chi connectivity index (χ4v) is 2.63. The van der Waals surface area contributed by atoms with Crippen LogP contribution in [0.3, 0.4) is 0 Å². The van der Waals surface area contributed by atoms with Gasteiger partial charge in [-0.1, -0.05) is 55.0 Å². The van der Waals surface area contributed by atoms with Gasteiger partial charge in [-0.15, -0.1) is 10.2 Å². The molecule has 1 atom stereocenters. The average molecular weight is 347 g/mol. The van der Waals surface area contributed by atoms with E-state index >= 15 is 0 Å². The number of hydrogen-bond acceptors (Lipinski definition) is 5. The van der Waals surface area contributed by atoms with Crippen LogP contribution in [0.25, 0.3) is 10.6 Å². The fraction of sp³-hybridized carbons (Fsp3) is 0.375. The first-order valence-corrected chi connectivity index (χ1v) is 8.66. The van der Waals surface area contributed by atoms with E-state index in [4.69, 9.17) is 0 Å². The van der Waals surface area contributed by atoms with Gasteiger partial charge in [-0.05, 0) is 13.3 Å². The van der Waals surface area contributed by atoms with Crippen LogP contribution in [0.2, 0.25) is 0 Å². The Bertz CT molecular complexity index is 674. The van der Waals surface area contributed by atoms with Crippen LogP contribution in [0.1, 0.15) is 26.7 Å². The van der Waals surface area contributed by atoms with Crippen LogP contribution in [-0.4, -0.2) is 34.7 Å². The molecule has 1 unspecified atom stereocenters. The van der Waals surface area contributed by atoms with Gasteiger partial charge in [0.25, 0.3) is 0 Å². The summed E-state index contributed by atoms with van der Waals surface area (Å²) in [4.78, 5) is 23.8. The molecule has 1 aromatic carbocycles. The largest absolute Gasteiger partial charge is 0.338 e. The highest BCUT2D eigenvalue weighted by Gasteiger charge is 2.17. The summed E-state index contributed by atoms with van der Waals surface area (Å²) in [5.74, 6) is -0.337. The molecule has 8 heteroatoms. The van der Waals surface area contributed by atoms with Crippen molar-refractivity contribution in [2.45, 2.75) is 32.7 Å². The SMILES string of the molecule is CCCCNC(=O)NC(C)C(=O)Nc1nnc(-c2ccccc2)s1. The summed E-state index contributed by atoms with van der Waals surface area (Å²) < 4.78 is 0. The van der Waals surface area contributed by atoms with Crippen LogP contribution in [0.5, 0.6) is 0 Å². The van der Waals surface area contributed by atoms with Crippen LogP contribution >= 0.6 is 11.3 Å². The van der Waals surface area contributed by atoms with Gasteiger partial charge in [-0.25, -0.2) is 4.79 Å². The summed E-state index contributed by atoms with van der Waals surface area (Å²) in [7, 11) is 0. The van der Waals surface area contributed by atoms with Crippen molar-refractivity contribution < 1.29 is 9.59 Å². The highest BCUT2D eigenvalue weighted by Crippen LogP contribution is 2.25. The molecule has 0 saturated heterocycles. The number of aromatic nitrogens is 2. The van der Waals surface area contributed by atoms with E-state index in [2.05, 4.69) is 26.1 Å². The second-order valence-corrected chi connectivity index (χ2v) is 6.22. The van der Waals surface area contributed by atoms with Gasteiger partial charge >= 0.3 is 6.03 Å². The standard InChI is InChI=1S/C16H21N5O2S/c1-3-4-10-17-15(23)18-11(2)13(22)19-16-21-20-14(24-16)12-8-6-5-7-9-12/h5-9,11H,3-4,10H2,1-2H3,(H2,17,18,23)(H,19,21,22). The number of urea groups is 1. The van der Waals surface area contributed by atoms with Gasteiger partial charge in [0.05, 0.1) is 0 Å². The topological polar surface area (TPSA) is 96.0 Å². The zero-order chi connectivity index (χ0) is 17.4. The predicted molar refractivity (Wildman–Crippen MR) is 94.9 cm³/mol. The quantitative estimate of drug-likeness (QED) is 0.671. The zero-order valence-corrected chi connectivity index (χ0v) is 14.5. The molecule has 1 heterocycles. The maximum atomic E-state index is 12.1. The summed E-state index contributed by atoms with van der Waals surface area (Å²) >= 11 is 1.28. The highest BCUT2D eigenvalue weighted by atomic mass is 32.1. The van der Waals surface area contributed by atoms with E-state index in [1.165, 1.54) is 11.3 Å². The van der Waals surface area contributed by atoms with Crippen molar-refractivity contribution in [2.24, 2.45) is 0 Å². The minimum absolute atomic E-state index is 0.337. The van der Waals surface area contributed by atoms with Gasteiger partial charge in [0.1, 0.15) is 11.0 Å². The van der Waals surface area contributed by atoms with Crippen molar-refractivity contribution >= 4 is 28.4 Å². The van der Waals surface area contributed by atoms with Crippen molar-refractivity contribution in [3.63, 3.8) is 0 Å². The van der Waals surface area contributed by atoms with Gasteiger partial charge in [-0.3, -0.25) is 10.1 Å². The molecule has 3 amide bonds. The fourth-order valence-electron chi connectivity index (χ4n) is 1.88.